The molecule has 0 saturated carbocycles. The van der Waals surface area contributed by atoms with E-state index >= 15 is 0 Å². The number of amides is 1. The standard InChI is InChI=1S/C6H13NO2Si/c1-4-5-7-6(8)9-10(2)3/h4,10H,1,5H2,2-3H3,(H,7,8). The molecule has 0 aliphatic rings. The molecule has 0 aliphatic carbocycles. The minimum atomic E-state index is -1.22. The molecule has 1 amide bonds. The highest BCUT2D eigenvalue weighted by molar-refractivity contribution is 6.50. The zero-order chi connectivity index (χ0) is 7.98. The van der Waals surface area contributed by atoms with Gasteiger partial charge in [-0.3, -0.25) is 0 Å². The van der Waals surface area contributed by atoms with Crippen LogP contribution in [0.5, 0.6) is 0 Å². The van der Waals surface area contributed by atoms with Gasteiger partial charge in [0.1, 0.15) is 0 Å². The number of rotatable bonds is 3. The van der Waals surface area contributed by atoms with Crippen molar-refractivity contribution in [2.24, 2.45) is 0 Å². The summed E-state index contributed by atoms with van der Waals surface area (Å²) in [6.45, 7) is 7.80. The van der Waals surface area contributed by atoms with Gasteiger partial charge in [-0.05, 0) is 13.1 Å². The molecular formula is C6H13NO2Si. The van der Waals surface area contributed by atoms with Crippen LogP contribution in [0.25, 0.3) is 0 Å². The van der Waals surface area contributed by atoms with Gasteiger partial charge < -0.3 is 9.74 Å². The summed E-state index contributed by atoms with van der Waals surface area (Å²) in [6, 6.07) is 0. The van der Waals surface area contributed by atoms with Crippen LogP contribution in [0, 0.1) is 0 Å². The Hall–Kier alpha value is -0.773. The van der Waals surface area contributed by atoms with Crippen LogP contribution < -0.4 is 5.32 Å². The van der Waals surface area contributed by atoms with Gasteiger partial charge in [0.2, 0.25) is 9.04 Å². The molecule has 0 aliphatic heterocycles. The van der Waals surface area contributed by atoms with E-state index in [1.54, 1.807) is 6.08 Å². The predicted octanol–water partition coefficient (Wildman–Crippen LogP) is 0.882. The largest absolute Gasteiger partial charge is 0.507 e. The maximum Gasteiger partial charge on any atom is 0.393 e. The highest BCUT2D eigenvalue weighted by Gasteiger charge is 2.02. The lowest BCUT2D eigenvalue weighted by molar-refractivity contribution is 0.202. The molecule has 0 fully saturated rings. The number of carbonyl (C=O) groups is 1. The van der Waals surface area contributed by atoms with E-state index in [4.69, 9.17) is 4.43 Å². The Morgan fingerprint density at radius 1 is 1.80 bits per heavy atom. The molecule has 58 valence electrons. The van der Waals surface area contributed by atoms with E-state index in [9.17, 15) is 4.79 Å². The Bertz CT molecular complexity index is 125. The van der Waals surface area contributed by atoms with E-state index in [0.717, 1.165) is 0 Å². The first kappa shape index (κ1) is 9.23. The molecular weight excluding hydrogens is 146 g/mol. The topological polar surface area (TPSA) is 38.3 Å². The normalized spacial score (nSPS) is 9.10. The fourth-order valence-corrected chi connectivity index (χ4v) is 0.923. The lowest BCUT2D eigenvalue weighted by atomic mass is 10.6. The van der Waals surface area contributed by atoms with Gasteiger partial charge in [-0.2, -0.15) is 0 Å². The van der Waals surface area contributed by atoms with Gasteiger partial charge in [-0.1, -0.05) is 6.08 Å². The first-order valence-corrected chi connectivity index (χ1v) is 6.00. The van der Waals surface area contributed by atoms with Gasteiger partial charge in [0, 0.05) is 6.54 Å². The van der Waals surface area contributed by atoms with Gasteiger partial charge in [-0.25, -0.2) is 4.79 Å². The van der Waals surface area contributed by atoms with E-state index in [1.165, 1.54) is 0 Å². The van der Waals surface area contributed by atoms with E-state index < -0.39 is 9.04 Å². The molecule has 0 heterocycles. The van der Waals surface area contributed by atoms with Crippen LogP contribution in [-0.2, 0) is 4.43 Å². The molecule has 10 heavy (non-hydrogen) atoms. The van der Waals surface area contributed by atoms with Crippen LogP contribution in [0.15, 0.2) is 12.7 Å². The molecule has 4 heteroatoms. The molecule has 0 aromatic carbocycles. The molecule has 0 unspecified atom stereocenters. The molecule has 0 saturated heterocycles. The second-order valence-electron chi connectivity index (χ2n) is 2.12. The van der Waals surface area contributed by atoms with Crippen LogP contribution in [0.3, 0.4) is 0 Å². The number of hydrogen-bond donors (Lipinski definition) is 1. The second-order valence-corrected chi connectivity index (χ2v) is 4.46. The Morgan fingerprint density at radius 3 is 2.80 bits per heavy atom. The monoisotopic (exact) mass is 159 g/mol. The molecule has 0 bridgehead atoms. The van der Waals surface area contributed by atoms with Crippen LogP contribution >= 0.6 is 0 Å². The van der Waals surface area contributed by atoms with Crippen molar-refractivity contribution in [3.8, 4) is 0 Å². The molecule has 0 radical (unpaired) electrons. The van der Waals surface area contributed by atoms with Crippen LogP contribution in [0.4, 0.5) is 4.79 Å². The summed E-state index contributed by atoms with van der Waals surface area (Å²) in [7, 11) is -1.22. The van der Waals surface area contributed by atoms with E-state index in [2.05, 4.69) is 11.9 Å². The molecule has 3 nitrogen and oxygen atoms in total. The fraction of sp³-hybridized carbons (Fsp3) is 0.500. The molecule has 0 aromatic rings. The maximum absolute atomic E-state index is 10.7. The molecule has 1 N–H and O–H groups in total. The number of nitrogens with one attached hydrogen (secondary N) is 1. The molecule has 0 atom stereocenters. The summed E-state index contributed by atoms with van der Waals surface area (Å²) in [4.78, 5) is 10.7. The SMILES string of the molecule is C=CCNC(=O)O[SiH](C)C. The van der Waals surface area contributed by atoms with Crippen LogP contribution in [-0.4, -0.2) is 21.7 Å². The average molecular weight is 159 g/mol. The summed E-state index contributed by atoms with van der Waals surface area (Å²) in [5.41, 5.74) is 0. The first-order valence-electron chi connectivity index (χ1n) is 3.22. The Morgan fingerprint density at radius 2 is 2.40 bits per heavy atom. The smallest absolute Gasteiger partial charge is 0.393 e. The van der Waals surface area contributed by atoms with Crippen molar-refractivity contribution in [2.45, 2.75) is 13.1 Å². The fourth-order valence-electron chi connectivity index (χ4n) is 0.411. The third kappa shape index (κ3) is 5.37. The van der Waals surface area contributed by atoms with E-state index in [0.29, 0.717) is 6.54 Å². The number of hydrogen-bond acceptors (Lipinski definition) is 2. The molecule has 0 spiro atoms. The van der Waals surface area contributed by atoms with E-state index in [1.807, 2.05) is 13.1 Å². The summed E-state index contributed by atoms with van der Waals surface area (Å²) in [6.07, 6.45) is 1.28. The van der Waals surface area contributed by atoms with Crippen molar-refractivity contribution in [2.75, 3.05) is 6.54 Å². The second kappa shape index (κ2) is 5.05. The zero-order valence-corrected chi connectivity index (χ0v) is 7.54. The van der Waals surface area contributed by atoms with Gasteiger partial charge in [0.15, 0.2) is 0 Å². The van der Waals surface area contributed by atoms with Gasteiger partial charge in [0.05, 0.1) is 0 Å². The first-order chi connectivity index (χ1) is 4.66. The van der Waals surface area contributed by atoms with Crippen LogP contribution in [0.1, 0.15) is 0 Å². The Balaban J connectivity index is 3.34. The zero-order valence-electron chi connectivity index (χ0n) is 6.39. The minimum absolute atomic E-state index is 0.332. The van der Waals surface area contributed by atoms with Crippen molar-refractivity contribution < 1.29 is 9.22 Å². The number of carbonyl (C=O) groups excluding carboxylic acids is 1. The van der Waals surface area contributed by atoms with Crippen molar-refractivity contribution in [1.82, 2.24) is 5.32 Å². The average Bonchev–Trinajstić information content (AvgIpc) is 1.82. The lowest BCUT2D eigenvalue weighted by Crippen LogP contribution is -2.28. The van der Waals surface area contributed by atoms with Crippen LogP contribution in [0.2, 0.25) is 13.1 Å². The van der Waals surface area contributed by atoms with Gasteiger partial charge in [0.25, 0.3) is 0 Å². The Labute approximate surface area is 62.8 Å². The van der Waals surface area contributed by atoms with Crippen molar-refractivity contribution >= 4 is 15.1 Å². The van der Waals surface area contributed by atoms with Gasteiger partial charge in [-0.15, -0.1) is 6.58 Å². The summed E-state index contributed by atoms with van der Waals surface area (Å²) < 4.78 is 4.89. The third-order valence-corrected chi connectivity index (χ3v) is 1.42. The quantitative estimate of drug-likeness (QED) is 0.490. The highest BCUT2D eigenvalue weighted by atomic mass is 28.3. The van der Waals surface area contributed by atoms with Crippen molar-refractivity contribution in [3.63, 3.8) is 0 Å². The van der Waals surface area contributed by atoms with Crippen molar-refractivity contribution in [3.05, 3.63) is 12.7 Å². The summed E-state index contributed by atoms with van der Waals surface area (Å²) >= 11 is 0. The maximum atomic E-state index is 10.7. The van der Waals surface area contributed by atoms with Crippen molar-refractivity contribution in [1.29, 1.82) is 0 Å². The van der Waals surface area contributed by atoms with Gasteiger partial charge >= 0.3 is 6.09 Å². The Kier molecular flexibility index (Phi) is 4.66. The van der Waals surface area contributed by atoms with E-state index in [-0.39, 0.29) is 6.09 Å². The molecule has 0 rings (SSSR count). The highest BCUT2D eigenvalue weighted by Crippen LogP contribution is 1.83. The lowest BCUT2D eigenvalue weighted by Gasteiger charge is -2.06. The summed E-state index contributed by atoms with van der Waals surface area (Å²) in [5, 5.41) is 2.52. The molecule has 0 aromatic heterocycles. The summed E-state index contributed by atoms with van der Waals surface area (Å²) in [5.74, 6) is 0. The minimum Gasteiger partial charge on any atom is -0.507 e. The predicted molar refractivity (Wildman–Crippen MR) is 43.6 cm³/mol. The third-order valence-electron chi connectivity index (χ3n) is 0.733.